The molecule has 1 aliphatic carbocycles. The van der Waals surface area contributed by atoms with Crippen LogP contribution in [0.4, 0.5) is 0 Å². The molecule has 3 atom stereocenters. The van der Waals surface area contributed by atoms with Gasteiger partial charge in [0.2, 0.25) is 5.91 Å². The average Bonchev–Trinajstić information content (AvgIpc) is 2.96. The van der Waals surface area contributed by atoms with E-state index >= 15 is 0 Å². The molecule has 0 aromatic rings. The van der Waals surface area contributed by atoms with Crippen molar-refractivity contribution in [1.29, 1.82) is 0 Å². The maximum Gasteiger partial charge on any atom is 0.241 e. The molecule has 2 rings (SSSR count). The van der Waals surface area contributed by atoms with E-state index in [4.69, 9.17) is 0 Å². The van der Waals surface area contributed by atoms with E-state index in [1.165, 1.54) is 25.7 Å². The summed E-state index contributed by atoms with van der Waals surface area (Å²) in [6.45, 7) is 8.85. The van der Waals surface area contributed by atoms with Gasteiger partial charge in [-0.15, -0.1) is 0 Å². The number of nitrogens with zero attached hydrogens (tertiary/aromatic N) is 1. The number of carbonyl (C=O) groups is 1. The van der Waals surface area contributed by atoms with Crippen molar-refractivity contribution in [2.45, 2.75) is 84.5 Å². The third-order valence-electron chi connectivity index (χ3n) is 4.91. The molecule has 3 nitrogen and oxygen atoms in total. The van der Waals surface area contributed by atoms with E-state index in [1.807, 2.05) is 0 Å². The zero-order chi connectivity index (χ0) is 14.0. The van der Waals surface area contributed by atoms with Gasteiger partial charge >= 0.3 is 0 Å². The summed E-state index contributed by atoms with van der Waals surface area (Å²) in [4.78, 5) is 14.8. The van der Waals surface area contributed by atoms with Crippen molar-refractivity contribution < 1.29 is 4.79 Å². The Morgan fingerprint density at radius 1 is 1.26 bits per heavy atom. The van der Waals surface area contributed by atoms with Crippen LogP contribution in [0, 0.1) is 11.8 Å². The molecule has 0 aromatic heterocycles. The van der Waals surface area contributed by atoms with Crippen molar-refractivity contribution in [3.05, 3.63) is 0 Å². The predicted molar refractivity (Wildman–Crippen MR) is 78.7 cm³/mol. The van der Waals surface area contributed by atoms with Crippen molar-refractivity contribution in [3.63, 3.8) is 0 Å². The van der Waals surface area contributed by atoms with Gasteiger partial charge in [0.05, 0.1) is 12.2 Å². The molecular formula is C16H30N2O. The molecule has 1 amide bonds. The minimum atomic E-state index is 0.0487. The first kappa shape index (κ1) is 14.8. The highest BCUT2D eigenvalue weighted by atomic mass is 16.2. The lowest BCUT2D eigenvalue weighted by atomic mass is 9.96. The van der Waals surface area contributed by atoms with Gasteiger partial charge < -0.3 is 4.90 Å². The first-order valence-corrected chi connectivity index (χ1v) is 8.12. The Balaban J connectivity index is 2.10. The van der Waals surface area contributed by atoms with Crippen LogP contribution in [0.1, 0.15) is 66.2 Å². The summed E-state index contributed by atoms with van der Waals surface area (Å²) in [6, 6.07) is 0.454. The van der Waals surface area contributed by atoms with E-state index in [9.17, 15) is 4.79 Å². The first-order chi connectivity index (χ1) is 9.04. The summed E-state index contributed by atoms with van der Waals surface area (Å²) < 4.78 is 0. The topological polar surface area (TPSA) is 32.3 Å². The third-order valence-corrected chi connectivity index (χ3v) is 4.91. The van der Waals surface area contributed by atoms with Crippen LogP contribution in [0.3, 0.4) is 0 Å². The van der Waals surface area contributed by atoms with Crippen LogP contribution in [0.15, 0.2) is 0 Å². The van der Waals surface area contributed by atoms with Crippen LogP contribution in [0.2, 0.25) is 0 Å². The van der Waals surface area contributed by atoms with Gasteiger partial charge in [-0.1, -0.05) is 33.6 Å². The summed E-state index contributed by atoms with van der Waals surface area (Å²) in [7, 11) is 0. The molecule has 0 radical (unpaired) electrons. The van der Waals surface area contributed by atoms with Crippen molar-refractivity contribution in [2.24, 2.45) is 11.8 Å². The monoisotopic (exact) mass is 266 g/mol. The lowest BCUT2D eigenvalue weighted by Crippen LogP contribution is -2.46. The minimum absolute atomic E-state index is 0.0487. The SMILES string of the molecule is CCC1NC(CC(C)C)N(C(C)C2CCCC2)C1=O. The van der Waals surface area contributed by atoms with Crippen LogP contribution in [0.5, 0.6) is 0 Å². The summed E-state index contributed by atoms with van der Waals surface area (Å²) >= 11 is 0. The summed E-state index contributed by atoms with van der Waals surface area (Å²) in [6.07, 6.45) is 7.52. The van der Waals surface area contributed by atoms with Crippen LogP contribution < -0.4 is 5.32 Å². The molecule has 19 heavy (non-hydrogen) atoms. The molecule has 1 aliphatic heterocycles. The highest BCUT2D eigenvalue weighted by Crippen LogP contribution is 2.33. The fraction of sp³-hybridized carbons (Fsp3) is 0.938. The molecule has 2 aliphatic rings. The predicted octanol–water partition coefficient (Wildman–Crippen LogP) is 3.15. The van der Waals surface area contributed by atoms with E-state index in [1.54, 1.807) is 0 Å². The van der Waals surface area contributed by atoms with E-state index in [0.29, 0.717) is 17.9 Å². The first-order valence-electron chi connectivity index (χ1n) is 8.12. The number of hydrogen-bond acceptors (Lipinski definition) is 2. The normalized spacial score (nSPS) is 30.6. The number of carbonyl (C=O) groups excluding carboxylic acids is 1. The van der Waals surface area contributed by atoms with Crippen LogP contribution >= 0.6 is 0 Å². The van der Waals surface area contributed by atoms with E-state index < -0.39 is 0 Å². The van der Waals surface area contributed by atoms with Gasteiger partial charge in [0.15, 0.2) is 0 Å². The van der Waals surface area contributed by atoms with Gasteiger partial charge in [-0.2, -0.15) is 0 Å². The average molecular weight is 266 g/mol. The van der Waals surface area contributed by atoms with Crippen LogP contribution in [-0.4, -0.2) is 29.1 Å². The largest absolute Gasteiger partial charge is 0.323 e. The summed E-state index contributed by atoms with van der Waals surface area (Å²) in [5.41, 5.74) is 0. The Morgan fingerprint density at radius 3 is 2.42 bits per heavy atom. The van der Waals surface area contributed by atoms with E-state index in [0.717, 1.165) is 18.8 Å². The van der Waals surface area contributed by atoms with Gasteiger partial charge in [-0.25, -0.2) is 0 Å². The fourth-order valence-electron chi connectivity index (χ4n) is 3.79. The smallest absolute Gasteiger partial charge is 0.241 e. The maximum atomic E-state index is 12.6. The van der Waals surface area contributed by atoms with Crippen molar-refractivity contribution in [3.8, 4) is 0 Å². The van der Waals surface area contributed by atoms with Crippen molar-refractivity contribution in [2.75, 3.05) is 0 Å². The fourth-order valence-corrected chi connectivity index (χ4v) is 3.79. The zero-order valence-corrected chi connectivity index (χ0v) is 13.0. The van der Waals surface area contributed by atoms with Gasteiger partial charge in [0, 0.05) is 6.04 Å². The number of rotatable bonds is 5. The molecule has 1 N–H and O–H groups in total. The molecule has 3 heteroatoms. The molecule has 1 heterocycles. The van der Waals surface area contributed by atoms with Gasteiger partial charge in [-0.05, 0) is 44.4 Å². The lowest BCUT2D eigenvalue weighted by Gasteiger charge is -2.34. The second-order valence-electron chi connectivity index (χ2n) is 6.80. The Labute approximate surface area is 118 Å². The second-order valence-corrected chi connectivity index (χ2v) is 6.80. The van der Waals surface area contributed by atoms with E-state index in [2.05, 4.69) is 37.9 Å². The van der Waals surface area contributed by atoms with Crippen LogP contribution in [-0.2, 0) is 4.79 Å². The molecule has 0 spiro atoms. The van der Waals surface area contributed by atoms with Gasteiger partial charge in [0.25, 0.3) is 0 Å². The lowest BCUT2D eigenvalue weighted by molar-refractivity contribution is -0.133. The van der Waals surface area contributed by atoms with E-state index in [-0.39, 0.29) is 12.2 Å². The standard InChI is InChI=1S/C16H30N2O/c1-5-14-16(19)18(15(17-14)10-11(2)3)12(4)13-8-6-7-9-13/h11-15,17H,5-10H2,1-4H3. The zero-order valence-electron chi connectivity index (χ0n) is 13.0. The molecule has 110 valence electrons. The Hall–Kier alpha value is -0.570. The Morgan fingerprint density at radius 2 is 1.89 bits per heavy atom. The second kappa shape index (κ2) is 6.25. The molecule has 0 aromatic carbocycles. The number of nitrogens with one attached hydrogen (secondary N) is 1. The Kier molecular flexibility index (Phi) is 4.88. The minimum Gasteiger partial charge on any atom is -0.323 e. The summed E-state index contributed by atoms with van der Waals surface area (Å²) in [5, 5.41) is 3.55. The maximum absolute atomic E-state index is 12.6. The molecule has 0 bridgehead atoms. The summed E-state index contributed by atoms with van der Waals surface area (Å²) in [5.74, 6) is 1.68. The van der Waals surface area contributed by atoms with Crippen LogP contribution in [0.25, 0.3) is 0 Å². The molecule has 2 fully saturated rings. The third kappa shape index (κ3) is 3.13. The van der Waals surface area contributed by atoms with Gasteiger partial charge in [0.1, 0.15) is 0 Å². The molecular weight excluding hydrogens is 236 g/mol. The quantitative estimate of drug-likeness (QED) is 0.829. The molecule has 1 saturated heterocycles. The molecule has 1 saturated carbocycles. The number of amides is 1. The number of hydrogen-bond donors (Lipinski definition) is 1. The Bertz CT molecular complexity index is 310. The molecule has 3 unspecified atom stereocenters. The van der Waals surface area contributed by atoms with Crippen molar-refractivity contribution in [1.82, 2.24) is 10.2 Å². The van der Waals surface area contributed by atoms with Gasteiger partial charge in [-0.3, -0.25) is 10.1 Å². The van der Waals surface area contributed by atoms with Crippen molar-refractivity contribution >= 4 is 5.91 Å². The highest BCUT2D eigenvalue weighted by molar-refractivity contribution is 5.84. The highest BCUT2D eigenvalue weighted by Gasteiger charge is 2.42.